The van der Waals surface area contributed by atoms with Gasteiger partial charge in [0.25, 0.3) is 0 Å². The van der Waals surface area contributed by atoms with Crippen molar-refractivity contribution in [2.75, 3.05) is 26.4 Å². The minimum absolute atomic E-state index is 0.0586. The van der Waals surface area contributed by atoms with Gasteiger partial charge in [-0.25, -0.2) is 4.98 Å². The quantitative estimate of drug-likeness (QED) is 0.917. The highest BCUT2D eigenvalue weighted by molar-refractivity contribution is 5.76. The van der Waals surface area contributed by atoms with Gasteiger partial charge in [0.15, 0.2) is 0 Å². The standard InChI is InChI=1S/C17H21N3O3/c1-13-11-18-17(19-13)15-12-22-10-8-20(15)16(21)7-9-23-14-5-3-2-4-6-14/h2-6,11,15H,7-10,12H2,1H3,(H,18,19)/t15-/m0/s1. The zero-order valence-electron chi connectivity index (χ0n) is 13.2. The van der Waals surface area contributed by atoms with Crippen LogP contribution < -0.4 is 4.74 Å². The van der Waals surface area contributed by atoms with Crippen LogP contribution >= 0.6 is 0 Å². The summed E-state index contributed by atoms with van der Waals surface area (Å²) in [5.41, 5.74) is 0.977. The number of nitrogens with zero attached hydrogens (tertiary/aromatic N) is 2. The molecule has 1 saturated heterocycles. The molecule has 1 fully saturated rings. The molecule has 1 amide bonds. The SMILES string of the molecule is Cc1cnc([C@@H]2COCCN2C(=O)CCOc2ccccc2)[nH]1. The van der Waals surface area contributed by atoms with Crippen molar-refractivity contribution in [1.82, 2.24) is 14.9 Å². The smallest absolute Gasteiger partial charge is 0.226 e. The first-order valence-electron chi connectivity index (χ1n) is 7.80. The van der Waals surface area contributed by atoms with E-state index in [1.54, 1.807) is 6.20 Å². The monoisotopic (exact) mass is 315 g/mol. The van der Waals surface area contributed by atoms with E-state index in [0.717, 1.165) is 17.3 Å². The van der Waals surface area contributed by atoms with E-state index in [4.69, 9.17) is 9.47 Å². The van der Waals surface area contributed by atoms with Crippen molar-refractivity contribution in [2.45, 2.75) is 19.4 Å². The lowest BCUT2D eigenvalue weighted by atomic mass is 10.2. The summed E-state index contributed by atoms with van der Waals surface area (Å²) < 4.78 is 11.1. The van der Waals surface area contributed by atoms with Gasteiger partial charge >= 0.3 is 0 Å². The van der Waals surface area contributed by atoms with Crippen LogP contribution in [-0.2, 0) is 9.53 Å². The maximum absolute atomic E-state index is 12.5. The van der Waals surface area contributed by atoms with Gasteiger partial charge in [0, 0.05) is 18.4 Å². The number of hydrogen-bond acceptors (Lipinski definition) is 4. The second kappa shape index (κ2) is 7.28. The van der Waals surface area contributed by atoms with Gasteiger partial charge in [0.05, 0.1) is 26.2 Å². The Balaban J connectivity index is 1.58. The molecule has 1 aliphatic heterocycles. The van der Waals surface area contributed by atoms with E-state index in [1.165, 1.54) is 0 Å². The average Bonchev–Trinajstić information content (AvgIpc) is 3.02. The number of carbonyl (C=O) groups excluding carboxylic acids is 1. The Kier molecular flexibility index (Phi) is 4.92. The summed E-state index contributed by atoms with van der Waals surface area (Å²) in [5, 5.41) is 0. The molecular weight excluding hydrogens is 294 g/mol. The summed E-state index contributed by atoms with van der Waals surface area (Å²) in [5.74, 6) is 1.61. The minimum atomic E-state index is -0.151. The molecule has 0 radical (unpaired) electrons. The lowest BCUT2D eigenvalue weighted by molar-refractivity contribution is -0.141. The molecule has 0 saturated carbocycles. The van der Waals surface area contributed by atoms with E-state index >= 15 is 0 Å². The van der Waals surface area contributed by atoms with Crippen LogP contribution in [0.15, 0.2) is 36.5 Å². The van der Waals surface area contributed by atoms with Crippen LogP contribution in [0, 0.1) is 6.92 Å². The lowest BCUT2D eigenvalue weighted by Gasteiger charge is -2.34. The Morgan fingerprint density at radius 1 is 1.43 bits per heavy atom. The molecule has 1 N–H and O–H groups in total. The van der Waals surface area contributed by atoms with Gasteiger partial charge in [-0.2, -0.15) is 0 Å². The molecule has 1 aliphatic rings. The molecule has 0 unspecified atom stereocenters. The fourth-order valence-corrected chi connectivity index (χ4v) is 2.65. The zero-order valence-corrected chi connectivity index (χ0v) is 13.2. The Hall–Kier alpha value is -2.34. The van der Waals surface area contributed by atoms with Gasteiger partial charge in [0.2, 0.25) is 5.91 Å². The minimum Gasteiger partial charge on any atom is -0.493 e. The average molecular weight is 315 g/mol. The number of carbonyl (C=O) groups is 1. The van der Waals surface area contributed by atoms with E-state index in [2.05, 4.69) is 9.97 Å². The van der Waals surface area contributed by atoms with Crippen molar-refractivity contribution in [2.24, 2.45) is 0 Å². The highest BCUT2D eigenvalue weighted by Crippen LogP contribution is 2.22. The predicted octanol–water partition coefficient (Wildman–Crippen LogP) is 2.09. The van der Waals surface area contributed by atoms with Crippen molar-refractivity contribution >= 4 is 5.91 Å². The second-order valence-electron chi connectivity index (χ2n) is 5.54. The molecule has 3 rings (SSSR count). The van der Waals surface area contributed by atoms with Crippen LogP contribution in [0.2, 0.25) is 0 Å². The van der Waals surface area contributed by atoms with Crippen LogP contribution in [0.3, 0.4) is 0 Å². The van der Waals surface area contributed by atoms with Gasteiger partial charge in [-0.1, -0.05) is 18.2 Å². The third-order valence-corrected chi connectivity index (χ3v) is 3.81. The highest BCUT2D eigenvalue weighted by atomic mass is 16.5. The number of morpholine rings is 1. The van der Waals surface area contributed by atoms with Crippen molar-refractivity contribution < 1.29 is 14.3 Å². The first kappa shape index (κ1) is 15.6. The van der Waals surface area contributed by atoms with Crippen molar-refractivity contribution in [3.63, 3.8) is 0 Å². The molecule has 122 valence electrons. The van der Waals surface area contributed by atoms with Gasteiger partial charge in [-0.15, -0.1) is 0 Å². The largest absolute Gasteiger partial charge is 0.493 e. The molecule has 0 aliphatic carbocycles. The molecule has 6 nitrogen and oxygen atoms in total. The summed E-state index contributed by atoms with van der Waals surface area (Å²) in [7, 11) is 0. The first-order valence-corrected chi connectivity index (χ1v) is 7.80. The molecule has 2 heterocycles. The molecule has 23 heavy (non-hydrogen) atoms. The number of aryl methyl sites for hydroxylation is 1. The fraction of sp³-hybridized carbons (Fsp3) is 0.412. The van der Waals surface area contributed by atoms with Crippen molar-refractivity contribution in [3.05, 3.63) is 48.0 Å². The third kappa shape index (κ3) is 3.90. The Labute approximate surface area is 135 Å². The van der Waals surface area contributed by atoms with Gasteiger partial charge in [0.1, 0.15) is 17.6 Å². The molecule has 2 aromatic rings. The van der Waals surface area contributed by atoms with E-state index in [9.17, 15) is 4.79 Å². The molecule has 0 spiro atoms. The predicted molar refractivity (Wildman–Crippen MR) is 85.2 cm³/mol. The molecule has 1 aromatic heterocycles. The number of nitrogens with one attached hydrogen (secondary N) is 1. The van der Waals surface area contributed by atoms with Crippen molar-refractivity contribution in [1.29, 1.82) is 0 Å². The van der Waals surface area contributed by atoms with Crippen LogP contribution in [0.5, 0.6) is 5.75 Å². The molecule has 1 aromatic carbocycles. The Bertz CT molecular complexity index is 642. The Morgan fingerprint density at radius 3 is 3.00 bits per heavy atom. The second-order valence-corrected chi connectivity index (χ2v) is 5.54. The summed E-state index contributed by atoms with van der Waals surface area (Å²) in [6.07, 6.45) is 2.11. The molecule has 6 heteroatoms. The summed E-state index contributed by atoms with van der Waals surface area (Å²) >= 11 is 0. The van der Waals surface area contributed by atoms with Crippen LogP contribution in [0.1, 0.15) is 24.0 Å². The third-order valence-electron chi connectivity index (χ3n) is 3.81. The summed E-state index contributed by atoms with van der Waals surface area (Å²) in [6.45, 7) is 3.92. The first-order chi connectivity index (χ1) is 11.2. The molecule has 0 bridgehead atoms. The summed E-state index contributed by atoms with van der Waals surface area (Å²) in [4.78, 5) is 21.9. The molecular formula is C17H21N3O3. The number of aromatic nitrogens is 2. The number of hydrogen-bond donors (Lipinski definition) is 1. The summed E-state index contributed by atoms with van der Waals surface area (Å²) in [6, 6.07) is 9.37. The normalized spacial score (nSPS) is 18.0. The number of aromatic amines is 1. The highest BCUT2D eigenvalue weighted by Gasteiger charge is 2.30. The fourth-order valence-electron chi connectivity index (χ4n) is 2.65. The van der Waals surface area contributed by atoms with Crippen molar-refractivity contribution in [3.8, 4) is 5.75 Å². The topological polar surface area (TPSA) is 67.4 Å². The van der Waals surface area contributed by atoms with Gasteiger partial charge in [-0.05, 0) is 19.1 Å². The molecule has 1 atom stereocenters. The van der Waals surface area contributed by atoms with E-state index in [1.807, 2.05) is 42.2 Å². The van der Waals surface area contributed by atoms with Crippen LogP contribution in [-0.4, -0.2) is 47.1 Å². The van der Waals surface area contributed by atoms with E-state index in [0.29, 0.717) is 32.8 Å². The van der Waals surface area contributed by atoms with Gasteiger partial charge < -0.3 is 19.4 Å². The zero-order chi connectivity index (χ0) is 16.1. The van der Waals surface area contributed by atoms with Crippen LogP contribution in [0.25, 0.3) is 0 Å². The van der Waals surface area contributed by atoms with E-state index < -0.39 is 0 Å². The number of rotatable bonds is 5. The van der Waals surface area contributed by atoms with E-state index in [-0.39, 0.29) is 11.9 Å². The lowest BCUT2D eigenvalue weighted by Crippen LogP contribution is -2.44. The number of amides is 1. The number of para-hydroxylation sites is 1. The Morgan fingerprint density at radius 2 is 2.26 bits per heavy atom. The number of ether oxygens (including phenoxy) is 2. The van der Waals surface area contributed by atoms with Gasteiger partial charge in [-0.3, -0.25) is 4.79 Å². The number of imidazole rings is 1. The number of benzene rings is 1. The maximum Gasteiger partial charge on any atom is 0.226 e. The van der Waals surface area contributed by atoms with Crippen LogP contribution in [0.4, 0.5) is 0 Å². The number of H-pyrrole nitrogens is 1. The maximum atomic E-state index is 12.5.